The summed E-state index contributed by atoms with van der Waals surface area (Å²) in [5, 5.41) is -0.0301. The van der Waals surface area contributed by atoms with Crippen molar-refractivity contribution in [2.24, 2.45) is 0 Å². The van der Waals surface area contributed by atoms with Crippen molar-refractivity contribution >= 4 is 11.6 Å². The van der Waals surface area contributed by atoms with Crippen molar-refractivity contribution in [1.82, 2.24) is 4.98 Å². The molecule has 0 amide bonds. The molecule has 0 spiro atoms. The predicted octanol–water partition coefficient (Wildman–Crippen LogP) is 1.88. The van der Waals surface area contributed by atoms with E-state index in [0.717, 1.165) is 6.20 Å². The topological polar surface area (TPSA) is 22.1 Å². The van der Waals surface area contributed by atoms with E-state index in [1.165, 1.54) is 13.3 Å². The van der Waals surface area contributed by atoms with Gasteiger partial charge in [0.1, 0.15) is 5.02 Å². The lowest BCUT2D eigenvalue weighted by atomic mass is 10.4. The molecule has 1 aromatic heterocycles. The molecule has 1 heterocycles. The van der Waals surface area contributed by atoms with Crippen LogP contribution in [0, 0.1) is 5.82 Å². The number of aromatic nitrogens is 1. The Bertz CT molecular complexity index is 241. The monoisotopic (exact) mass is 161 g/mol. The Balaban J connectivity index is 3.14. The van der Waals surface area contributed by atoms with Gasteiger partial charge in [-0.2, -0.15) is 0 Å². The standard InChI is InChI=1S/C6H5ClFNO/c1-10-5-3-9-2-4(8)6(5)7/h2-3H,1H3. The first kappa shape index (κ1) is 7.28. The number of hydrogen-bond acceptors (Lipinski definition) is 2. The zero-order chi connectivity index (χ0) is 7.56. The number of pyridine rings is 1. The molecule has 0 bridgehead atoms. The molecular formula is C6H5ClFNO. The van der Waals surface area contributed by atoms with Gasteiger partial charge in [-0.05, 0) is 0 Å². The van der Waals surface area contributed by atoms with Crippen LogP contribution in [-0.2, 0) is 0 Å². The highest BCUT2D eigenvalue weighted by Crippen LogP contribution is 2.24. The van der Waals surface area contributed by atoms with E-state index in [1.807, 2.05) is 0 Å². The Hall–Kier alpha value is -0.830. The van der Waals surface area contributed by atoms with Crippen molar-refractivity contribution < 1.29 is 9.13 Å². The van der Waals surface area contributed by atoms with Gasteiger partial charge in [-0.25, -0.2) is 4.39 Å². The molecule has 0 radical (unpaired) electrons. The van der Waals surface area contributed by atoms with Crippen molar-refractivity contribution in [3.05, 3.63) is 23.2 Å². The Kier molecular flexibility index (Phi) is 2.06. The quantitative estimate of drug-likeness (QED) is 0.628. The van der Waals surface area contributed by atoms with Crippen LogP contribution >= 0.6 is 11.6 Å². The van der Waals surface area contributed by atoms with E-state index >= 15 is 0 Å². The Morgan fingerprint density at radius 2 is 2.30 bits per heavy atom. The first-order valence-electron chi connectivity index (χ1n) is 2.58. The lowest BCUT2D eigenvalue weighted by molar-refractivity contribution is 0.409. The summed E-state index contributed by atoms with van der Waals surface area (Å²) in [6, 6.07) is 0. The summed E-state index contributed by atoms with van der Waals surface area (Å²) in [7, 11) is 1.41. The van der Waals surface area contributed by atoms with Crippen LogP contribution in [0.25, 0.3) is 0 Å². The molecule has 0 atom stereocenters. The second-order valence-corrected chi connectivity index (χ2v) is 2.02. The van der Waals surface area contributed by atoms with Gasteiger partial charge in [0.05, 0.1) is 19.5 Å². The fraction of sp³-hybridized carbons (Fsp3) is 0.167. The van der Waals surface area contributed by atoms with Crippen LogP contribution in [0.1, 0.15) is 0 Å². The van der Waals surface area contributed by atoms with Gasteiger partial charge in [0.15, 0.2) is 11.6 Å². The van der Waals surface area contributed by atoms with Crippen LogP contribution in [0.3, 0.4) is 0 Å². The van der Waals surface area contributed by atoms with Crippen LogP contribution in [0.2, 0.25) is 5.02 Å². The molecular weight excluding hydrogens is 157 g/mol. The van der Waals surface area contributed by atoms with Gasteiger partial charge in [0.25, 0.3) is 0 Å². The maximum Gasteiger partial charge on any atom is 0.163 e. The fourth-order valence-corrected chi connectivity index (χ4v) is 0.718. The van der Waals surface area contributed by atoms with Crippen LogP contribution in [0.5, 0.6) is 5.75 Å². The molecule has 0 fully saturated rings. The third kappa shape index (κ3) is 1.19. The summed E-state index contributed by atoms with van der Waals surface area (Å²) in [5.41, 5.74) is 0. The molecule has 1 aromatic rings. The van der Waals surface area contributed by atoms with Crippen molar-refractivity contribution in [2.75, 3.05) is 7.11 Å². The molecule has 54 valence electrons. The van der Waals surface area contributed by atoms with Crippen molar-refractivity contribution in [1.29, 1.82) is 0 Å². The summed E-state index contributed by atoms with van der Waals surface area (Å²) in [4.78, 5) is 3.53. The molecule has 0 aromatic carbocycles. The Morgan fingerprint density at radius 1 is 1.60 bits per heavy atom. The van der Waals surface area contributed by atoms with E-state index in [0.29, 0.717) is 0 Å². The van der Waals surface area contributed by atoms with Crippen LogP contribution in [0.15, 0.2) is 12.4 Å². The van der Waals surface area contributed by atoms with Crippen LogP contribution in [0.4, 0.5) is 4.39 Å². The van der Waals surface area contributed by atoms with Gasteiger partial charge >= 0.3 is 0 Å². The van der Waals surface area contributed by atoms with Crippen molar-refractivity contribution in [3.8, 4) is 5.75 Å². The number of rotatable bonds is 1. The second-order valence-electron chi connectivity index (χ2n) is 1.64. The number of ether oxygens (including phenoxy) is 1. The molecule has 0 aliphatic carbocycles. The zero-order valence-electron chi connectivity index (χ0n) is 5.27. The number of methoxy groups -OCH3 is 1. The highest BCUT2D eigenvalue weighted by molar-refractivity contribution is 6.32. The van der Waals surface area contributed by atoms with Gasteiger partial charge in [-0.3, -0.25) is 4.98 Å². The van der Waals surface area contributed by atoms with E-state index in [4.69, 9.17) is 16.3 Å². The Morgan fingerprint density at radius 3 is 2.80 bits per heavy atom. The molecule has 0 unspecified atom stereocenters. The Labute approximate surface area is 62.6 Å². The van der Waals surface area contributed by atoms with Gasteiger partial charge in [0, 0.05) is 0 Å². The summed E-state index contributed by atoms with van der Waals surface area (Å²) < 4.78 is 17.2. The molecule has 10 heavy (non-hydrogen) atoms. The van der Waals surface area contributed by atoms with Crippen molar-refractivity contribution in [2.45, 2.75) is 0 Å². The highest BCUT2D eigenvalue weighted by atomic mass is 35.5. The predicted molar refractivity (Wildman–Crippen MR) is 35.8 cm³/mol. The minimum Gasteiger partial charge on any atom is -0.493 e. The minimum absolute atomic E-state index is 0.0301. The molecule has 0 aliphatic rings. The minimum atomic E-state index is -0.569. The maximum absolute atomic E-state index is 12.5. The van der Waals surface area contributed by atoms with E-state index in [1.54, 1.807) is 0 Å². The molecule has 0 saturated heterocycles. The second kappa shape index (κ2) is 2.84. The molecule has 0 aliphatic heterocycles. The zero-order valence-corrected chi connectivity index (χ0v) is 6.02. The third-order valence-electron chi connectivity index (χ3n) is 1.03. The first-order chi connectivity index (χ1) is 4.75. The molecule has 2 nitrogen and oxygen atoms in total. The highest BCUT2D eigenvalue weighted by Gasteiger charge is 2.04. The van der Waals surface area contributed by atoms with Gasteiger partial charge < -0.3 is 4.74 Å². The first-order valence-corrected chi connectivity index (χ1v) is 2.96. The van der Waals surface area contributed by atoms with Crippen molar-refractivity contribution in [3.63, 3.8) is 0 Å². The fourth-order valence-electron chi connectivity index (χ4n) is 0.544. The van der Waals surface area contributed by atoms with E-state index in [9.17, 15) is 4.39 Å². The van der Waals surface area contributed by atoms with E-state index in [2.05, 4.69) is 4.98 Å². The molecule has 0 N–H and O–H groups in total. The van der Waals surface area contributed by atoms with Gasteiger partial charge in [-0.1, -0.05) is 11.6 Å². The number of hydrogen-bond donors (Lipinski definition) is 0. The van der Waals surface area contributed by atoms with Crippen LogP contribution < -0.4 is 4.74 Å². The lowest BCUT2D eigenvalue weighted by Crippen LogP contribution is -1.87. The number of nitrogens with zero attached hydrogens (tertiary/aromatic N) is 1. The summed E-state index contributed by atoms with van der Waals surface area (Å²) >= 11 is 5.45. The smallest absolute Gasteiger partial charge is 0.163 e. The summed E-state index contributed by atoms with van der Waals surface area (Å²) in [5.74, 6) is -0.317. The molecule has 0 saturated carbocycles. The van der Waals surface area contributed by atoms with E-state index in [-0.39, 0.29) is 10.8 Å². The van der Waals surface area contributed by atoms with Gasteiger partial charge in [0.2, 0.25) is 0 Å². The largest absolute Gasteiger partial charge is 0.493 e. The maximum atomic E-state index is 12.5. The normalized spacial score (nSPS) is 9.50. The van der Waals surface area contributed by atoms with Gasteiger partial charge in [-0.15, -0.1) is 0 Å². The summed E-state index contributed by atoms with van der Waals surface area (Å²) in [6.45, 7) is 0. The average Bonchev–Trinajstić information content (AvgIpc) is 1.95. The third-order valence-corrected chi connectivity index (χ3v) is 1.39. The summed E-state index contributed by atoms with van der Waals surface area (Å²) in [6.07, 6.45) is 2.39. The number of halogens is 2. The molecule has 4 heteroatoms. The molecule has 1 rings (SSSR count). The average molecular weight is 162 g/mol. The lowest BCUT2D eigenvalue weighted by Gasteiger charge is -2.00. The SMILES string of the molecule is COc1cncc(F)c1Cl. The van der Waals surface area contributed by atoms with E-state index < -0.39 is 5.82 Å². The van der Waals surface area contributed by atoms with Crippen LogP contribution in [-0.4, -0.2) is 12.1 Å².